The fraction of sp³-hybridized carbons (Fsp3) is 0.480. The van der Waals surface area contributed by atoms with Crippen LogP contribution < -0.4 is 15.5 Å². The fourth-order valence-electron chi connectivity index (χ4n) is 5.43. The lowest BCUT2D eigenvalue weighted by molar-refractivity contribution is -0.101. The van der Waals surface area contributed by atoms with Gasteiger partial charge in [0, 0.05) is 24.3 Å². The number of hydrogen-bond donors (Lipinski definition) is 3. The highest BCUT2D eigenvalue weighted by atomic mass is 16.5. The number of nitrogens with one attached hydrogen (secondary N) is 2. The summed E-state index contributed by atoms with van der Waals surface area (Å²) in [5, 5.41) is 17.1. The summed E-state index contributed by atoms with van der Waals surface area (Å²) in [5.74, 6) is 1.05. The Hall–Kier alpha value is -3.17. The van der Waals surface area contributed by atoms with Crippen LogP contribution in [0.5, 0.6) is 0 Å². The molecule has 3 saturated carbocycles. The molecule has 9 heteroatoms. The third kappa shape index (κ3) is 4.10. The van der Waals surface area contributed by atoms with E-state index in [1.54, 1.807) is 18.0 Å². The molecule has 4 aliphatic rings. The van der Waals surface area contributed by atoms with Crippen molar-refractivity contribution < 1.29 is 14.6 Å². The van der Waals surface area contributed by atoms with Gasteiger partial charge in [-0.05, 0) is 50.7 Å². The first-order valence-electron chi connectivity index (χ1n) is 11.9. The maximum atomic E-state index is 13.4. The summed E-state index contributed by atoms with van der Waals surface area (Å²) in [6.45, 7) is 4.96. The minimum absolute atomic E-state index is 0.0362. The van der Waals surface area contributed by atoms with Crippen LogP contribution in [0.3, 0.4) is 0 Å². The molecule has 6 rings (SSSR count). The number of anilines is 4. The molecule has 1 aliphatic heterocycles. The minimum atomic E-state index is -0.531. The molecule has 3 fully saturated rings. The van der Waals surface area contributed by atoms with Gasteiger partial charge in [0.1, 0.15) is 12.5 Å². The molecule has 1 aromatic carbocycles. The second-order valence-corrected chi connectivity index (χ2v) is 9.57. The summed E-state index contributed by atoms with van der Waals surface area (Å²) in [7, 11) is 1.77. The lowest BCUT2D eigenvalue weighted by atomic mass is 9.62. The summed E-state index contributed by atoms with van der Waals surface area (Å²) in [4.78, 5) is 26.3. The zero-order chi connectivity index (χ0) is 23.8. The Kier molecular flexibility index (Phi) is 5.91. The Morgan fingerprint density at radius 2 is 1.88 bits per heavy atom. The number of para-hydroxylation sites is 2. The van der Waals surface area contributed by atoms with Gasteiger partial charge in [-0.2, -0.15) is 4.98 Å². The quantitative estimate of drug-likeness (QED) is 0.308. The van der Waals surface area contributed by atoms with E-state index in [0.717, 1.165) is 55.5 Å². The van der Waals surface area contributed by atoms with Crippen LogP contribution in [0.2, 0.25) is 0 Å². The van der Waals surface area contributed by atoms with Crippen LogP contribution in [-0.2, 0) is 11.3 Å². The summed E-state index contributed by atoms with van der Waals surface area (Å²) >= 11 is 0. The fourth-order valence-corrected chi connectivity index (χ4v) is 5.43. The second-order valence-electron chi connectivity index (χ2n) is 9.57. The number of ether oxygens (including phenoxy) is 1. The molecule has 2 bridgehead atoms. The zero-order valence-corrected chi connectivity index (χ0v) is 19.6. The maximum Gasteiger partial charge on any atom is 0.326 e. The highest BCUT2D eigenvalue weighted by Gasteiger charge is 2.53. The van der Waals surface area contributed by atoms with E-state index >= 15 is 0 Å². The van der Waals surface area contributed by atoms with E-state index in [4.69, 9.17) is 4.74 Å². The van der Waals surface area contributed by atoms with Crippen molar-refractivity contribution in [2.24, 2.45) is 0 Å². The van der Waals surface area contributed by atoms with Gasteiger partial charge < -0.3 is 25.4 Å². The molecule has 2 aromatic rings. The van der Waals surface area contributed by atoms with Crippen LogP contribution in [0.1, 0.15) is 44.1 Å². The number of amides is 2. The lowest BCUT2D eigenvalue weighted by Crippen LogP contribution is -2.63. The van der Waals surface area contributed by atoms with E-state index in [2.05, 4.69) is 27.2 Å². The number of rotatable bonds is 8. The molecule has 2 heterocycles. The molecule has 34 heavy (non-hydrogen) atoms. The number of carbonyl (C=O) groups is 1. The number of fused-ring (bicyclic) bond motifs is 4. The Morgan fingerprint density at radius 1 is 1.18 bits per heavy atom. The molecule has 9 nitrogen and oxygen atoms in total. The van der Waals surface area contributed by atoms with E-state index in [1.165, 1.54) is 0 Å². The molecule has 180 valence electrons. The molecule has 0 atom stereocenters. The van der Waals surface area contributed by atoms with E-state index in [-0.39, 0.29) is 11.6 Å². The van der Waals surface area contributed by atoms with Gasteiger partial charge in [0.2, 0.25) is 5.95 Å². The van der Waals surface area contributed by atoms with Crippen molar-refractivity contribution >= 4 is 29.2 Å². The molecular formula is C25H32N6O3. The number of carbonyl (C=O) groups excluding carboxylic acids is 1. The highest BCUT2D eigenvalue weighted by molar-refractivity contribution is 5.94. The predicted molar refractivity (Wildman–Crippen MR) is 131 cm³/mol. The van der Waals surface area contributed by atoms with Crippen LogP contribution >= 0.6 is 0 Å². The first-order chi connectivity index (χ1) is 16.4. The van der Waals surface area contributed by atoms with Gasteiger partial charge in [0.15, 0.2) is 0 Å². The Labute approximate surface area is 199 Å². The van der Waals surface area contributed by atoms with E-state index in [1.807, 2.05) is 35.4 Å². The molecule has 0 saturated heterocycles. The van der Waals surface area contributed by atoms with Crippen LogP contribution in [0.15, 0.2) is 43.1 Å². The average Bonchev–Trinajstić information content (AvgIpc) is 2.86. The van der Waals surface area contributed by atoms with Crippen LogP contribution in [0.4, 0.5) is 27.9 Å². The SMILES string of the molecule is C=CCOCNc1ccccc1Nc1ncc2c(n1)N(C)C(=O)N(C13CCC(O)(CC1)CC3)C2. The van der Waals surface area contributed by atoms with Gasteiger partial charge in [0.25, 0.3) is 0 Å². The number of benzene rings is 1. The molecular weight excluding hydrogens is 432 g/mol. The monoisotopic (exact) mass is 464 g/mol. The summed E-state index contributed by atoms with van der Waals surface area (Å²) in [6.07, 6.45) is 8.34. The van der Waals surface area contributed by atoms with Crippen molar-refractivity contribution in [3.63, 3.8) is 0 Å². The Balaban J connectivity index is 1.34. The minimum Gasteiger partial charge on any atom is -0.390 e. The topological polar surface area (TPSA) is 103 Å². The molecule has 3 N–H and O–H groups in total. The molecule has 3 aliphatic carbocycles. The van der Waals surface area contributed by atoms with Crippen LogP contribution in [-0.4, -0.2) is 57.5 Å². The lowest BCUT2D eigenvalue weighted by Gasteiger charge is -2.57. The first kappa shape index (κ1) is 22.6. The molecule has 0 radical (unpaired) electrons. The molecule has 2 amide bonds. The van der Waals surface area contributed by atoms with Crippen LogP contribution in [0, 0.1) is 0 Å². The molecule has 0 unspecified atom stereocenters. The predicted octanol–water partition coefficient (Wildman–Crippen LogP) is 4.00. The van der Waals surface area contributed by atoms with Gasteiger partial charge in [-0.25, -0.2) is 9.78 Å². The highest BCUT2D eigenvalue weighted by Crippen LogP contribution is 2.51. The van der Waals surface area contributed by atoms with Crippen LogP contribution in [0.25, 0.3) is 0 Å². The number of urea groups is 1. The first-order valence-corrected chi connectivity index (χ1v) is 11.9. The van der Waals surface area contributed by atoms with Crippen molar-refractivity contribution in [1.29, 1.82) is 0 Å². The number of hydrogen-bond acceptors (Lipinski definition) is 7. The van der Waals surface area contributed by atoms with Crippen molar-refractivity contribution in [3.05, 3.63) is 48.7 Å². The molecule has 1 aromatic heterocycles. The van der Waals surface area contributed by atoms with Gasteiger partial charge in [-0.1, -0.05) is 18.2 Å². The van der Waals surface area contributed by atoms with Gasteiger partial charge >= 0.3 is 6.03 Å². The number of aliphatic hydroxyl groups is 1. The standard InChI is InChI=1S/C25H32N6O3/c1-3-14-34-17-27-19-6-4-5-7-20(19)28-22-26-15-18-16-31(23(32)30(2)21(18)29-22)24-8-11-25(33,12-9-24)13-10-24/h3-7,15,27,33H,1,8-14,16-17H2,2H3,(H,26,28,29). The van der Waals surface area contributed by atoms with E-state index < -0.39 is 5.60 Å². The summed E-state index contributed by atoms with van der Waals surface area (Å²) in [6, 6.07) is 7.71. The largest absolute Gasteiger partial charge is 0.390 e. The third-order valence-corrected chi connectivity index (χ3v) is 7.52. The Bertz CT molecular complexity index is 1070. The number of nitrogens with zero attached hydrogens (tertiary/aromatic N) is 4. The summed E-state index contributed by atoms with van der Waals surface area (Å²) < 4.78 is 5.43. The second kappa shape index (κ2) is 8.88. The van der Waals surface area contributed by atoms with Crippen molar-refractivity contribution in [2.75, 3.05) is 35.9 Å². The normalized spacial score (nSPS) is 25.8. The molecule has 0 spiro atoms. The zero-order valence-electron chi connectivity index (χ0n) is 19.6. The Morgan fingerprint density at radius 3 is 2.59 bits per heavy atom. The number of aromatic nitrogens is 2. The average molecular weight is 465 g/mol. The van der Waals surface area contributed by atoms with Crippen molar-refractivity contribution in [3.8, 4) is 0 Å². The van der Waals surface area contributed by atoms with Gasteiger partial charge in [-0.3, -0.25) is 4.90 Å². The maximum absolute atomic E-state index is 13.4. The van der Waals surface area contributed by atoms with E-state index in [9.17, 15) is 9.90 Å². The smallest absolute Gasteiger partial charge is 0.326 e. The van der Waals surface area contributed by atoms with E-state index in [0.29, 0.717) is 31.6 Å². The van der Waals surface area contributed by atoms with Gasteiger partial charge in [0.05, 0.1) is 30.1 Å². The van der Waals surface area contributed by atoms with Crippen molar-refractivity contribution in [1.82, 2.24) is 14.9 Å². The summed E-state index contributed by atoms with van der Waals surface area (Å²) in [5.41, 5.74) is 1.89. The van der Waals surface area contributed by atoms with Gasteiger partial charge in [-0.15, -0.1) is 6.58 Å². The third-order valence-electron chi connectivity index (χ3n) is 7.52. The van der Waals surface area contributed by atoms with Crippen molar-refractivity contribution in [2.45, 2.75) is 56.2 Å².